The minimum Gasteiger partial charge on any atom is -0.320 e. The molecule has 2 heterocycles. The number of hydrogen-bond donors (Lipinski definition) is 2. The van der Waals surface area contributed by atoms with Gasteiger partial charge in [-0.15, -0.1) is 9.19 Å². The molecule has 4 aromatic rings. The van der Waals surface area contributed by atoms with Gasteiger partial charge in [-0.1, -0.05) is 24.6 Å². The largest absolute Gasteiger partial charge is 0.320 e. The molecule has 2 aromatic heterocycles. The van der Waals surface area contributed by atoms with Crippen LogP contribution in [0, 0.1) is 18.6 Å². The highest BCUT2D eigenvalue weighted by atomic mass is 79.9. The van der Waals surface area contributed by atoms with Gasteiger partial charge in [-0.25, -0.2) is 30.6 Å². The summed E-state index contributed by atoms with van der Waals surface area (Å²) in [5.74, 6) is -5.21. The minimum absolute atomic E-state index is 0.0397. The van der Waals surface area contributed by atoms with Gasteiger partial charge in [0.15, 0.2) is 11.5 Å². The van der Waals surface area contributed by atoms with Crippen LogP contribution in [-0.2, 0) is 29.9 Å². The van der Waals surface area contributed by atoms with E-state index in [1.807, 2.05) is 4.72 Å². The number of sulfone groups is 1. The summed E-state index contributed by atoms with van der Waals surface area (Å²) in [5.41, 5.74) is -1.14. The number of nitrogens with one attached hydrogen (secondary N) is 2. The zero-order valence-corrected chi connectivity index (χ0v) is 27.2. The molecule has 2 N–H and O–H groups in total. The van der Waals surface area contributed by atoms with Crippen LogP contribution in [-0.4, -0.2) is 62.6 Å². The molecule has 0 aliphatic carbocycles. The number of rotatable bonds is 12. The van der Waals surface area contributed by atoms with Gasteiger partial charge in [0.1, 0.15) is 25.8 Å². The van der Waals surface area contributed by atoms with Gasteiger partial charge in [0, 0.05) is 5.75 Å². The SMILES string of the molecule is CCCS(=O)(=O)CCCS(=O)(=O)Nc1ccc(F)c(C(=O)Nc2cnc3c(c2)c(Br)nn3S(=O)(=O)c2ccc(C)cc2)c1F. The molecule has 12 nitrogen and oxygen atoms in total. The van der Waals surface area contributed by atoms with Crippen LogP contribution in [0.4, 0.5) is 20.2 Å². The van der Waals surface area contributed by atoms with E-state index in [1.165, 1.54) is 18.2 Å². The summed E-state index contributed by atoms with van der Waals surface area (Å²) >= 11 is 3.17. The monoisotopic (exact) mass is 733 g/mol. The molecular formula is C26H26BrF2N5O7S3. The van der Waals surface area contributed by atoms with Gasteiger partial charge in [-0.2, -0.15) is 8.42 Å². The topological polar surface area (TPSA) is 174 Å². The highest BCUT2D eigenvalue weighted by molar-refractivity contribution is 9.10. The molecule has 18 heteroatoms. The number of hydrogen-bond acceptors (Lipinski definition) is 9. The van der Waals surface area contributed by atoms with Crippen LogP contribution in [0.25, 0.3) is 11.0 Å². The van der Waals surface area contributed by atoms with Crippen LogP contribution in [0.2, 0.25) is 0 Å². The second-order valence-electron chi connectivity index (χ2n) is 9.71. The molecule has 0 aliphatic heterocycles. The molecule has 0 saturated carbocycles. The standard InChI is InChI=1S/C26H26BrF2N5O7S3/c1-3-11-42(36,37)12-4-13-43(38,39)33-21-10-9-20(28)22(23(21)29)26(35)31-17-14-19-24(27)32-34(25(19)30-15-17)44(40,41)18-7-5-16(2)6-8-18/h5-10,14-15,33H,3-4,11-13H2,1-2H3,(H,31,35). The Hall–Kier alpha value is -3.48. The molecule has 1 amide bonds. The first-order valence-corrected chi connectivity index (χ1v) is 18.6. The molecule has 0 spiro atoms. The summed E-state index contributed by atoms with van der Waals surface area (Å²) in [6, 6.07) is 8.84. The Labute approximate surface area is 261 Å². The van der Waals surface area contributed by atoms with E-state index in [2.05, 4.69) is 31.3 Å². The Kier molecular flexibility index (Phi) is 9.77. The zero-order chi connectivity index (χ0) is 32.4. The van der Waals surface area contributed by atoms with Crippen LogP contribution >= 0.6 is 15.9 Å². The first-order valence-electron chi connectivity index (χ1n) is 12.9. The fraction of sp³-hybridized carbons (Fsp3) is 0.269. The lowest BCUT2D eigenvalue weighted by Crippen LogP contribution is -2.22. The highest BCUT2D eigenvalue weighted by Gasteiger charge is 2.26. The Bertz CT molecular complexity index is 2070. The lowest BCUT2D eigenvalue weighted by Gasteiger charge is -2.13. The van der Waals surface area contributed by atoms with E-state index >= 15 is 4.39 Å². The fourth-order valence-corrected chi connectivity index (χ4v) is 8.63. The van der Waals surface area contributed by atoms with Crippen LogP contribution in [0.3, 0.4) is 0 Å². The van der Waals surface area contributed by atoms with Crippen LogP contribution in [0.15, 0.2) is 58.2 Å². The van der Waals surface area contributed by atoms with Gasteiger partial charge in [-0.05, 0) is 66.0 Å². The molecule has 4 rings (SSSR count). The van der Waals surface area contributed by atoms with Crippen molar-refractivity contribution in [1.29, 1.82) is 0 Å². The number of benzene rings is 2. The number of aryl methyl sites for hydroxylation is 1. The van der Waals surface area contributed by atoms with Gasteiger partial charge >= 0.3 is 0 Å². The molecule has 44 heavy (non-hydrogen) atoms. The third-order valence-corrected chi connectivity index (χ3v) is 11.7. The number of carbonyl (C=O) groups excluding carboxylic acids is 1. The van der Waals surface area contributed by atoms with Crippen molar-refractivity contribution in [3.63, 3.8) is 0 Å². The number of fused-ring (bicyclic) bond motifs is 1. The number of amides is 1. The molecule has 2 aromatic carbocycles. The summed E-state index contributed by atoms with van der Waals surface area (Å²) in [4.78, 5) is 17.0. The van der Waals surface area contributed by atoms with Crippen molar-refractivity contribution in [3.05, 3.63) is 76.0 Å². The van der Waals surface area contributed by atoms with E-state index in [0.717, 1.165) is 17.8 Å². The average molecular weight is 735 g/mol. The van der Waals surface area contributed by atoms with Crippen molar-refractivity contribution in [3.8, 4) is 0 Å². The van der Waals surface area contributed by atoms with Crippen LogP contribution in [0.5, 0.6) is 0 Å². The molecule has 0 atom stereocenters. The molecule has 0 bridgehead atoms. The van der Waals surface area contributed by atoms with Crippen molar-refractivity contribution in [2.24, 2.45) is 0 Å². The van der Waals surface area contributed by atoms with Crippen LogP contribution < -0.4 is 10.0 Å². The predicted molar refractivity (Wildman–Crippen MR) is 164 cm³/mol. The average Bonchev–Trinajstić information content (AvgIpc) is 3.27. The molecular weight excluding hydrogens is 708 g/mol. The quantitative estimate of drug-likeness (QED) is 0.216. The number of nitrogens with zero attached hydrogens (tertiary/aromatic N) is 3. The smallest absolute Gasteiger partial charge is 0.284 e. The van der Waals surface area contributed by atoms with Gasteiger partial charge < -0.3 is 5.32 Å². The molecule has 236 valence electrons. The van der Waals surface area contributed by atoms with Crippen molar-refractivity contribution in [2.45, 2.75) is 31.6 Å². The van der Waals surface area contributed by atoms with E-state index in [-0.39, 0.29) is 44.1 Å². The first-order chi connectivity index (χ1) is 20.5. The highest BCUT2D eigenvalue weighted by Crippen LogP contribution is 2.29. The molecule has 0 unspecified atom stereocenters. The molecule has 0 radical (unpaired) electrons. The number of aromatic nitrogens is 3. The fourth-order valence-electron chi connectivity index (χ4n) is 4.12. The lowest BCUT2D eigenvalue weighted by atomic mass is 10.1. The summed E-state index contributed by atoms with van der Waals surface area (Å²) < 4.78 is 107. The van der Waals surface area contributed by atoms with Gasteiger partial charge in [0.25, 0.3) is 15.9 Å². The van der Waals surface area contributed by atoms with Crippen molar-refractivity contribution >= 4 is 74.1 Å². The van der Waals surface area contributed by atoms with E-state index in [4.69, 9.17) is 0 Å². The Balaban J connectivity index is 1.56. The maximum Gasteiger partial charge on any atom is 0.284 e. The number of halogens is 3. The van der Waals surface area contributed by atoms with E-state index < -0.39 is 64.4 Å². The second-order valence-corrected chi connectivity index (χ2v) is 16.4. The van der Waals surface area contributed by atoms with Gasteiger partial charge in [-0.3, -0.25) is 9.52 Å². The predicted octanol–water partition coefficient (Wildman–Crippen LogP) is 4.23. The van der Waals surface area contributed by atoms with Crippen molar-refractivity contribution < 1.29 is 38.8 Å². The molecule has 0 fully saturated rings. The van der Waals surface area contributed by atoms with E-state index in [9.17, 15) is 34.4 Å². The first kappa shape index (κ1) is 33.4. The Morgan fingerprint density at radius 1 is 0.977 bits per heavy atom. The van der Waals surface area contributed by atoms with Crippen LogP contribution in [0.1, 0.15) is 35.7 Å². The van der Waals surface area contributed by atoms with E-state index in [1.54, 1.807) is 26.0 Å². The normalized spacial score (nSPS) is 12.4. The summed E-state index contributed by atoms with van der Waals surface area (Å²) in [6.45, 7) is 3.47. The minimum atomic E-state index is -4.25. The third-order valence-electron chi connectivity index (χ3n) is 6.22. The van der Waals surface area contributed by atoms with Crippen molar-refractivity contribution in [2.75, 3.05) is 27.3 Å². The Morgan fingerprint density at radius 3 is 2.32 bits per heavy atom. The van der Waals surface area contributed by atoms with Crippen molar-refractivity contribution in [1.82, 2.24) is 14.2 Å². The summed E-state index contributed by atoms with van der Waals surface area (Å²) in [5, 5.41) is 6.43. The molecule has 0 saturated heterocycles. The maximum absolute atomic E-state index is 15.2. The second kappa shape index (κ2) is 12.9. The summed E-state index contributed by atoms with van der Waals surface area (Å²) in [6.07, 6.45) is 1.19. The number of anilines is 2. The van der Waals surface area contributed by atoms with Gasteiger partial charge in [0.2, 0.25) is 10.0 Å². The van der Waals surface area contributed by atoms with Gasteiger partial charge in [0.05, 0.1) is 39.4 Å². The molecule has 0 aliphatic rings. The number of sulfonamides is 1. The maximum atomic E-state index is 15.2. The summed E-state index contributed by atoms with van der Waals surface area (Å²) in [7, 11) is -11.8. The zero-order valence-electron chi connectivity index (χ0n) is 23.2. The van der Waals surface area contributed by atoms with E-state index in [0.29, 0.717) is 16.6 Å². The lowest BCUT2D eigenvalue weighted by molar-refractivity contribution is 0.101. The third kappa shape index (κ3) is 7.41. The number of carbonyl (C=O) groups is 1. The Morgan fingerprint density at radius 2 is 1.66 bits per heavy atom. The number of pyridine rings is 1.